The zero-order chi connectivity index (χ0) is 98.7. The number of nitrogens with zero attached hydrogens (tertiary/aromatic N) is 8. The van der Waals surface area contributed by atoms with Crippen LogP contribution >= 0.6 is 0 Å². The van der Waals surface area contributed by atoms with Gasteiger partial charge in [0.05, 0.1) is 7.11 Å². The Morgan fingerprint density at radius 1 is 0.295 bits per heavy atom. The minimum Gasteiger partial charge on any atom is -0.497 e. The zero-order valence-corrected chi connectivity index (χ0v) is 82.3. The number of methoxy groups -OCH3 is 1. The summed E-state index contributed by atoms with van der Waals surface area (Å²) in [7, 11) is 18.4. The van der Waals surface area contributed by atoms with Gasteiger partial charge in [-0.2, -0.15) is 0 Å². The molecule has 1 aliphatic rings. The molecule has 16 aromatic rings. The third-order valence-corrected chi connectivity index (χ3v) is 24.9. The van der Waals surface area contributed by atoms with Crippen LogP contribution in [0.15, 0.2) is 261 Å². The predicted octanol–water partition coefficient (Wildman–Crippen LogP) is 25.0. The second-order valence-corrected chi connectivity index (χ2v) is 35.9. The molecule has 4 N–H and O–H groups in total. The van der Waals surface area contributed by atoms with Gasteiger partial charge in [-0.05, 0) is 410 Å². The third kappa shape index (κ3) is 25.8. The Hall–Kier alpha value is -15.0. The predicted molar refractivity (Wildman–Crippen MR) is 555 cm³/mol. The van der Waals surface area contributed by atoms with Crippen LogP contribution in [-0.4, -0.2) is 158 Å². The molecule has 23 nitrogen and oxygen atoms in total. The van der Waals surface area contributed by atoms with E-state index in [1.807, 2.05) is 84.9 Å². The van der Waals surface area contributed by atoms with Gasteiger partial charge >= 0.3 is 0 Å². The number of rotatable bonds is 33. The summed E-state index contributed by atoms with van der Waals surface area (Å²) in [6.07, 6.45) is 4.36. The largest absolute Gasteiger partial charge is 0.497 e. The van der Waals surface area contributed by atoms with Gasteiger partial charge in [0, 0.05) is 144 Å². The molecule has 1 aliphatic heterocycles. The number of hydrogen-bond donors (Lipinski definition) is 4. The monoisotopic (exact) mass is 1870 g/mol. The van der Waals surface area contributed by atoms with Crippen LogP contribution in [0.25, 0.3) is 43.6 Å². The Bertz CT molecular complexity index is 7050. The molecule has 0 aliphatic carbocycles. The Morgan fingerprint density at radius 3 is 0.878 bits per heavy atom. The minimum atomic E-state index is -0.401. The summed E-state index contributed by atoms with van der Waals surface area (Å²) in [6.45, 7) is 25.6. The van der Waals surface area contributed by atoms with Crippen LogP contribution in [-0.2, 0) is 26.2 Å². The molecule has 0 spiro atoms. The minimum absolute atomic E-state index is 0.193. The first-order valence-electron chi connectivity index (χ1n) is 46.8. The fourth-order valence-electron chi connectivity index (χ4n) is 17.0. The molecule has 4 amide bonds. The van der Waals surface area contributed by atoms with Crippen molar-refractivity contribution in [2.45, 2.75) is 107 Å². The quantitative estimate of drug-likeness (QED) is 0.0301. The molecule has 720 valence electrons. The Balaban J connectivity index is 0.000000148. The van der Waals surface area contributed by atoms with Crippen LogP contribution in [0.4, 0.5) is 31.5 Å². The average molecular weight is 1880 g/mol. The van der Waals surface area contributed by atoms with Crippen molar-refractivity contribution in [2.24, 2.45) is 0 Å². The highest BCUT2D eigenvalue weighted by atomic mass is 19.1. The first kappa shape index (κ1) is 99.9. The second kappa shape index (κ2) is 46.2. The van der Waals surface area contributed by atoms with Crippen molar-refractivity contribution in [3.05, 3.63) is 340 Å². The van der Waals surface area contributed by atoms with Gasteiger partial charge in [-0.3, -0.25) is 19.2 Å². The summed E-state index contributed by atoms with van der Waals surface area (Å²) < 4.78 is 76.5. The average Bonchev–Trinajstić information content (AvgIpc) is 1.64. The number of amides is 4. The van der Waals surface area contributed by atoms with Gasteiger partial charge in [-0.25, -0.2) is 8.78 Å². The molecule has 0 atom stereocenters. The lowest BCUT2D eigenvalue weighted by Gasteiger charge is -2.12. The van der Waals surface area contributed by atoms with E-state index < -0.39 is 5.82 Å². The van der Waals surface area contributed by atoms with Crippen molar-refractivity contribution < 1.29 is 61.1 Å². The van der Waals surface area contributed by atoms with Crippen molar-refractivity contribution >= 4 is 90.0 Å². The number of aryl methyl sites for hydroxylation is 8. The van der Waals surface area contributed by atoms with Gasteiger partial charge < -0.3 is 92.3 Å². The maximum absolute atomic E-state index is 13.4. The van der Waals surface area contributed by atoms with E-state index >= 15 is 0 Å². The molecule has 0 saturated carbocycles. The normalized spacial score (nSPS) is 11.5. The Kier molecular flexibility index (Phi) is 33.2. The van der Waals surface area contributed by atoms with E-state index in [-0.39, 0.29) is 36.2 Å². The second-order valence-electron chi connectivity index (χ2n) is 35.9. The molecule has 0 fully saturated rings. The number of carbonyl (C=O) groups is 4. The lowest BCUT2D eigenvalue weighted by molar-refractivity contribution is 0.101. The molecule has 12 aromatic carbocycles. The molecular weight excluding hydrogens is 1750 g/mol. The van der Waals surface area contributed by atoms with E-state index in [2.05, 4.69) is 219 Å². The maximum Gasteiger partial charge on any atom is 0.255 e. The SMILES string of the molecule is COc1ccc(NC(=O)c2cccc(Oc3ccc4c(c3)c(C)c(C)n4CCCN(C)C)c2)cc1.Cc1c(C)n(CCCN(C)C)c2ccc(Oc3cccc(C(=O)Nc4ccc(F)cc4)c3)cc12.Cc1c(C)n(CCCN(C)C)c2ccc(Oc3cccc(C(=O)Nc4ccc5c(c4)OCO5)c3)cc12.Cc1c(C)n(CCCN(C)C)c2ccc(Oc3cccc(C(=O)Nc4cccc(F)c4)c3)cc12. The van der Waals surface area contributed by atoms with E-state index in [1.165, 1.54) is 125 Å². The van der Waals surface area contributed by atoms with Crippen molar-refractivity contribution in [2.75, 3.05) is 118 Å². The number of benzene rings is 12. The van der Waals surface area contributed by atoms with E-state index in [9.17, 15) is 28.0 Å². The van der Waals surface area contributed by atoms with Crippen molar-refractivity contribution in [3.8, 4) is 63.2 Å². The van der Waals surface area contributed by atoms with E-state index in [0.29, 0.717) is 85.2 Å². The van der Waals surface area contributed by atoms with Gasteiger partial charge in [-0.1, -0.05) is 30.3 Å². The zero-order valence-electron chi connectivity index (χ0n) is 82.3. The number of carbonyl (C=O) groups excluding carboxylic acids is 4. The van der Waals surface area contributed by atoms with E-state index in [0.717, 1.165) is 101 Å². The Labute approximate surface area is 812 Å². The third-order valence-electron chi connectivity index (χ3n) is 24.9. The highest BCUT2D eigenvalue weighted by Gasteiger charge is 2.22. The molecule has 139 heavy (non-hydrogen) atoms. The van der Waals surface area contributed by atoms with E-state index in [1.54, 1.807) is 98.1 Å². The maximum atomic E-state index is 13.4. The summed E-state index contributed by atoms with van der Waals surface area (Å²) in [6, 6.07) is 77.1. The lowest BCUT2D eigenvalue weighted by atomic mass is 10.1. The Morgan fingerprint density at radius 2 is 0.568 bits per heavy atom. The van der Waals surface area contributed by atoms with Crippen molar-refractivity contribution in [1.82, 2.24) is 37.9 Å². The number of halogens is 2. The molecule has 5 heterocycles. The van der Waals surface area contributed by atoms with Crippen LogP contribution in [0.3, 0.4) is 0 Å². The molecule has 17 rings (SSSR count). The first-order valence-corrected chi connectivity index (χ1v) is 46.8. The molecule has 0 saturated heterocycles. The molecular formula is C114H124F2N12O11. The van der Waals surface area contributed by atoms with Gasteiger partial charge in [0.25, 0.3) is 23.6 Å². The smallest absolute Gasteiger partial charge is 0.255 e. The number of hydrogen-bond acceptors (Lipinski definition) is 15. The van der Waals surface area contributed by atoms with Gasteiger partial charge in [-0.15, -0.1) is 0 Å². The summed E-state index contributed by atoms with van der Waals surface area (Å²) in [5, 5.41) is 16.0. The van der Waals surface area contributed by atoms with Crippen LogP contribution in [0.1, 0.15) is 112 Å². The first-order chi connectivity index (χ1) is 66.9. The van der Waals surface area contributed by atoms with Crippen LogP contribution in [0.2, 0.25) is 0 Å². The summed E-state index contributed by atoms with van der Waals surface area (Å²) in [4.78, 5) is 59.7. The van der Waals surface area contributed by atoms with Gasteiger partial charge in [0.15, 0.2) is 11.5 Å². The van der Waals surface area contributed by atoms with Crippen LogP contribution in [0.5, 0.6) is 63.2 Å². The van der Waals surface area contributed by atoms with Crippen molar-refractivity contribution in [1.29, 1.82) is 0 Å². The summed E-state index contributed by atoms with van der Waals surface area (Å²) in [5.41, 5.74) is 19.2. The lowest BCUT2D eigenvalue weighted by Crippen LogP contribution is -2.15. The fraction of sp³-hybridized carbons (Fsp3) is 0.263. The molecule has 25 heteroatoms. The fourth-order valence-corrected chi connectivity index (χ4v) is 17.0. The van der Waals surface area contributed by atoms with Gasteiger partial charge in [0.2, 0.25) is 6.79 Å². The highest BCUT2D eigenvalue weighted by molar-refractivity contribution is 6.07. The van der Waals surface area contributed by atoms with Crippen molar-refractivity contribution in [3.63, 3.8) is 0 Å². The van der Waals surface area contributed by atoms with Crippen LogP contribution in [0, 0.1) is 67.0 Å². The highest BCUT2D eigenvalue weighted by Crippen LogP contribution is 2.40. The number of ether oxygens (including phenoxy) is 7. The topological polar surface area (TPSA) is 214 Å². The number of anilines is 4. The van der Waals surface area contributed by atoms with E-state index in [4.69, 9.17) is 33.2 Å². The standard InChI is InChI=1S/C29H31N3O4.C29H33N3O3.2C28H30FN3O2/c1-19-20(2)32(14-6-13-31(3)4)26-11-10-24(17-25(19)26)36-23-8-5-7-21(15-23)29(33)30-22-9-12-27-28(16-22)35-18-34-27;1-20-21(2)32(17-7-16-31(3)4)28-15-14-26(19-27(20)28)35-25-9-6-8-22(18-25)29(33)30-23-10-12-24(34-5)13-11-23;1-19-20(2)32(15-7-14-31(3)4)27-13-12-25(18-26(19)27)34-24-11-5-8-21(16-24)28(33)30-23-10-6-9-22(29)17-23;1-19-20(2)32(16-6-15-31(3)4)27-14-13-25(18-26(19)27)34-24-8-5-7-21(17-24)28(33)30-23-11-9-22(29)10-12-23/h5,7-12,15-17H,6,13-14,18H2,1-4H3,(H,30,33);6,8-15,18-19H,7,16-17H2,1-5H3,(H,30,33);5-6,8-13,16-18H,7,14-15H2,1-4H3,(H,30,33);5,7-14,17-18H,6,15-16H2,1-4H3,(H,30,33). The summed E-state index contributed by atoms with van der Waals surface area (Å²) in [5.74, 6) is 5.54. The summed E-state index contributed by atoms with van der Waals surface area (Å²) >= 11 is 0. The van der Waals surface area contributed by atoms with Gasteiger partial charge in [0.1, 0.15) is 63.4 Å². The van der Waals surface area contributed by atoms with Crippen LogP contribution < -0.4 is 54.4 Å². The number of aromatic nitrogens is 4. The molecule has 0 bridgehead atoms. The molecule has 0 unspecified atom stereocenters. The number of nitrogens with one attached hydrogen (secondary N) is 4. The number of fused-ring (bicyclic) bond motifs is 5. The molecule has 0 radical (unpaired) electrons. The molecule has 4 aromatic heterocycles.